The number of nitrogens with zero attached hydrogens (tertiary/aromatic N) is 1. The Kier molecular flexibility index (Phi) is 4.20. The Hall–Kier alpha value is -1.55. The van der Waals surface area contributed by atoms with Gasteiger partial charge in [-0.05, 0) is 25.0 Å². The summed E-state index contributed by atoms with van der Waals surface area (Å²) in [5, 5.41) is 0.550. The lowest BCUT2D eigenvalue weighted by atomic mass is 10.2. The van der Waals surface area contributed by atoms with Crippen LogP contribution in [-0.4, -0.2) is 15.4 Å². The molecule has 1 aromatic heterocycles. The van der Waals surface area contributed by atoms with Gasteiger partial charge in [-0.1, -0.05) is 18.6 Å². The van der Waals surface area contributed by atoms with Crippen molar-refractivity contribution < 1.29 is 0 Å². The van der Waals surface area contributed by atoms with E-state index in [2.05, 4.69) is 4.98 Å². The zero-order valence-corrected chi connectivity index (χ0v) is 10.7. The molecule has 18 heavy (non-hydrogen) atoms. The average molecular weight is 267 g/mol. The fourth-order valence-corrected chi connectivity index (χ4v) is 2.19. The normalized spacial score (nSPS) is 10.9. The maximum absolute atomic E-state index is 11.8. The first-order chi connectivity index (χ1) is 8.74. The maximum Gasteiger partial charge on any atom is 0.328 e. The van der Waals surface area contributed by atoms with Crippen LogP contribution in [0.15, 0.2) is 33.9 Å². The number of hydrogen-bond donors (Lipinski definition) is 1. The molecule has 0 saturated heterocycles. The molecular formula is C13H15ClN2O2. The number of aryl methyl sites for hydroxylation is 1. The van der Waals surface area contributed by atoms with Crippen LogP contribution in [0.4, 0.5) is 0 Å². The van der Waals surface area contributed by atoms with E-state index in [4.69, 9.17) is 11.6 Å². The predicted octanol–water partition coefficient (Wildman–Crippen LogP) is 2.10. The molecule has 0 amide bonds. The number of fused-ring (bicyclic) bond motifs is 1. The van der Waals surface area contributed by atoms with Gasteiger partial charge in [0.1, 0.15) is 0 Å². The molecule has 2 rings (SSSR count). The number of alkyl halides is 1. The van der Waals surface area contributed by atoms with Crippen LogP contribution in [0, 0.1) is 0 Å². The van der Waals surface area contributed by atoms with E-state index in [1.807, 2.05) is 6.07 Å². The number of halogens is 1. The smallest absolute Gasteiger partial charge is 0.293 e. The Labute approximate surface area is 109 Å². The molecule has 0 atom stereocenters. The van der Waals surface area contributed by atoms with Crippen molar-refractivity contribution in [3.63, 3.8) is 0 Å². The van der Waals surface area contributed by atoms with Crippen LogP contribution < -0.4 is 11.2 Å². The molecule has 0 spiro atoms. The monoisotopic (exact) mass is 266 g/mol. The van der Waals surface area contributed by atoms with E-state index in [0.29, 0.717) is 23.3 Å². The van der Waals surface area contributed by atoms with E-state index < -0.39 is 0 Å². The van der Waals surface area contributed by atoms with E-state index in [-0.39, 0.29) is 11.2 Å². The summed E-state index contributed by atoms with van der Waals surface area (Å²) in [5.41, 5.74) is 0.0225. The number of nitrogens with one attached hydrogen (secondary N) is 1. The maximum atomic E-state index is 11.8. The van der Waals surface area contributed by atoms with Crippen molar-refractivity contribution in [1.82, 2.24) is 9.55 Å². The molecule has 1 heterocycles. The zero-order chi connectivity index (χ0) is 13.0. The molecule has 0 fully saturated rings. The van der Waals surface area contributed by atoms with Crippen molar-refractivity contribution in [2.24, 2.45) is 0 Å². The summed E-state index contributed by atoms with van der Waals surface area (Å²) >= 11 is 5.61. The van der Waals surface area contributed by atoms with Crippen LogP contribution in [0.3, 0.4) is 0 Å². The van der Waals surface area contributed by atoms with E-state index in [1.54, 1.807) is 22.8 Å². The largest absolute Gasteiger partial charge is 0.328 e. The molecule has 0 bridgehead atoms. The molecule has 4 nitrogen and oxygen atoms in total. The van der Waals surface area contributed by atoms with E-state index in [1.165, 1.54) is 0 Å². The second-order valence-electron chi connectivity index (χ2n) is 4.18. The molecule has 0 unspecified atom stereocenters. The molecule has 0 saturated carbocycles. The van der Waals surface area contributed by atoms with E-state index >= 15 is 0 Å². The standard InChI is InChI=1S/C13H15ClN2O2/c14-8-4-1-5-9-16-11-7-3-2-6-10(11)12(17)15-13(16)18/h2-3,6-7H,1,4-5,8-9H2,(H,15,17,18). The molecular weight excluding hydrogens is 252 g/mol. The van der Waals surface area contributed by atoms with Crippen molar-refractivity contribution in [2.45, 2.75) is 25.8 Å². The van der Waals surface area contributed by atoms with Crippen LogP contribution in [0.5, 0.6) is 0 Å². The highest BCUT2D eigenvalue weighted by atomic mass is 35.5. The van der Waals surface area contributed by atoms with Crippen molar-refractivity contribution in [2.75, 3.05) is 5.88 Å². The topological polar surface area (TPSA) is 54.9 Å². The van der Waals surface area contributed by atoms with Gasteiger partial charge in [-0.3, -0.25) is 14.3 Å². The number of unbranched alkanes of at least 4 members (excludes halogenated alkanes) is 2. The highest BCUT2D eigenvalue weighted by molar-refractivity contribution is 6.17. The number of hydrogen-bond acceptors (Lipinski definition) is 2. The highest BCUT2D eigenvalue weighted by Crippen LogP contribution is 2.08. The fraction of sp³-hybridized carbons (Fsp3) is 0.385. The van der Waals surface area contributed by atoms with Crippen LogP contribution in [-0.2, 0) is 6.54 Å². The minimum absolute atomic E-state index is 0.326. The molecule has 0 radical (unpaired) electrons. The third-order valence-electron chi connectivity index (χ3n) is 2.92. The molecule has 1 N–H and O–H groups in total. The van der Waals surface area contributed by atoms with Crippen LogP contribution in [0.2, 0.25) is 0 Å². The minimum atomic E-state index is -0.343. The molecule has 5 heteroatoms. The molecule has 2 aromatic rings. The average Bonchev–Trinajstić information content (AvgIpc) is 2.38. The van der Waals surface area contributed by atoms with Gasteiger partial charge in [-0.25, -0.2) is 4.79 Å². The molecule has 0 aliphatic heterocycles. The van der Waals surface area contributed by atoms with Gasteiger partial charge in [0, 0.05) is 12.4 Å². The zero-order valence-electron chi connectivity index (χ0n) is 9.99. The minimum Gasteiger partial charge on any atom is -0.293 e. The first-order valence-electron chi connectivity index (χ1n) is 6.02. The van der Waals surface area contributed by atoms with Crippen molar-refractivity contribution in [3.8, 4) is 0 Å². The summed E-state index contributed by atoms with van der Waals surface area (Å²) in [5.74, 6) is 0.640. The Morgan fingerprint density at radius 1 is 1.11 bits per heavy atom. The third kappa shape index (κ3) is 2.64. The number of aromatic nitrogens is 2. The molecule has 1 aromatic carbocycles. The van der Waals surface area contributed by atoms with Crippen LogP contribution in [0.1, 0.15) is 19.3 Å². The summed E-state index contributed by atoms with van der Waals surface area (Å²) in [4.78, 5) is 25.8. The summed E-state index contributed by atoms with van der Waals surface area (Å²) in [6.45, 7) is 0.604. The van der Waals surface area contributed by atoms with Gasteiger partial charge in [-0.2, -0.15) is 0 Å². The summed E-state index contributed by atoms with van der Waals surface area (Å²) in [6, 6.07) is 7.15. The van der Waals surface area contributed by atoms with Gasteiger partial charge < -0.3 is 0 Å². The Bertz CT molecular complexity index is 645. The lowest BCUT2D eigenvalue weighted by Crippen LogP contribution is -2.30. The number of benzene rings is 1. The van der Waals surface area contributed by atoms with Crippen LogP contribution in [0.25, 0.3) is 10.9 Å². The first kappa shape index (κ1) is 12.9. The lowest BCUT2D eigenvalue weighted by molar-refractivity contribution is 0.593. The van der Waals surface area contributed by atoms with Gasteiger partial charge in [0.15, 0.2) is 0 Å². The van der Waals surface area contributed by atoms with Crippen LogP contribution >= 0.6 is 11.6 Å². The molecule has 0 aliphatic carbocycles. The first-order valence-corrected chi connectivity index (χ1v) is 6.55. The Morgan fingerprint density at radius 3 is 2.67 bits per heavy atom. The molecule has 0 aliphatic rings. The van der Waals surface area contributed by atoms with Gasteiger partial charge in [0.2, 0.25) is 0 Å². The van der Waals surface area contributed by atoms with Gasteiger partial charge in [0.25, 0.3) is 5.56 Å². The summed E-state index contributed by atoms with van der Waals surface area (Å²) < 4.78 is 1.62. The third-order valence-corrected chi connectivity index (χ3v) is 3.19. The number of aromatic amines is 1. The van der Waals surface area contributed by atoms with Gasteiger partial charge in [0.05, 0.1) is 10.9 Å². The number of rotatable bonds is 5. The second kappa shape index (κ2) is 5.87. The van der Waals surface area contributed by atoms with Crippen molar-refractivity contribution >= 4 is 22.5 Å². The van der Waals surface area contributed by atoms with Crippen molar-refractivity contribution in [3.05, 3.63) is 45.1 Å². The highest BCUT2D eigenvalue weighted by Gasteiger charge is 2.05. The molecule has 96 valence electrons. The van der Waals surface area contributed by atoms with Crippen molar-refractivity contribution in [1.29, 1.82) is 0 Å². The number of para-hydroxylation sites is 1. The predicted molar refractivity (Wildman–Crippen MR) is 73.4 cm³/mol. The summed E-state index contributed by atoms with van der Waals surface area (Å²) in [7, 11) is 0. The number of H-pyrrole nitrogens is 1. The van der Waals surface area contributed by atoms with Gasteiger partial charge in [-0.15, -0.1) is 11.6 Å². The fourth-order valence-electron chi connectivity index (χ4n) is 2.01. The summed E-state index contributed by atoms with van der Waals surface area (Å²) in [6.07, 6.45) is 2.80. The SMILES string of the molecule is O=c1[nH]c(=O)n(CCCCCCl)c2ccccc12. The Balaban J connectivity index is 2.37. The van der Waals surface area contributed by atoms with E-state index in [9.17, 15) is 9.59 Å². The lowest BCUT2D eigenvalue weighted by Gasteiger charge is -2.08. The van der Waals surface area contributed by atoms with Gasteiger partial charge >= 0.3 is 5.69 Å². The second-order valence-corrected chi connectivity index (χ2v) is 4.56. The Morgan fingerprint density at radius 2 is 1.89 bits per heavy atom. The quantitative estimate of drug-likeness (QED) is 0.666. The van der Waals surface area contributed by atoms with E-state index in [0.717, 1.165) is 19.3 Å².